The average molecular weight is 463 g/mol. The van der Waals surface area contributed by atoms with Crippen LogP contribution in [0.2, 0.25) is 0 Å². The second-order valence-corrected chi connectivity index (χ2v) is 11.0. The summed E-state index contributed by atoms with van der Waals surface area (Å²) in [5.74, 6) is -0.558. The van der Waals surface area contributed by atoms with E-state index in [1.165, 1.54) is 23.5 Å². The monoisotopic (exact) mass is 462 g/mol. The standard InChI is InChI=1S/C18H30N4O6S2/c1-5-21(6-2)17-8-7-15(30(26,27)22-9-11-28-12-10-22)13-16(17)19-18(23)14-20(3)29(4,24)25/h7-8,13H,5-6,9-12,14H2,1-4H3,(H,19,23). The van der Waals surface area contributed by atoms with Gasteiger partial charge < -0.3 is 15.0 Å². The summed E-state index contributed by atoms with van der Waals surface area (Å²) in [4.78, 5) is 14.5. The Kier molecular flexibility index (Phi) is 8.22. The van der Waals surface area contributed by atoms with E-state index < -0.39 is 26.0 Å². The third kappa shape index (κ3) is 5.91. The summed E-state index contributed by atoms with van der Waals surface area (Å²) < 4.78 is 56.7. The number of carbonyl (C=O) groups is 1. The second-order valence-electron chi connectivity index (χ2n) is 6.93. The Morgan fingerprint density at radius 1 is 1.13 bits per heavy atom. The van der Waals surface area contributed by atoms with Gasteiger partial charge >= 0.3 is 0 Å². The number of nitrogens with one attached hydrogen (secondary N) is 1. The lowest BCUT2D eigenvalue weighted by atomic mass is 10.2. The zero-order chi connectivity index (χ0) is 22.5. The van der Waals surface area contributed by atoms with Crippen molar-refractivity contribution < 1.29 is 26.4 Å². The molecular formula is C18H30N4O6S2. The number of amides is 1. The van der Waals surface area contributed by atoms with Crippen LogP contribution in [0.3, 0.4) is 0 Å². The summed E-state index contributed by atoms with van der Waals surface area (Å²) in [5, 5.41) is 2.68. The quantitative estimate of drug-likeness (QED) is 0.564. The fourth-order valence-electron chi connectivity index (χ4n) is 3.06. The fraction of sp³-hybridized carbons (Fsp3) is 0.611. The number of nitrogens with zero attached hydrogens (tertiary/aromatic N) is 3. The molecule has 1 aliphatic heterocycles. The van der Waals surface area contributed by atoms with Crippen molar-refractivity contribution in [3.05, 3.63) is 18.2 Å². The summed E-state index contributed by atoms with van der Waals surface area (Å²) in [5.41, 5.74) is 0.983. The maximum atomic E-state index is 13.0. The van der Waals surface area contributed by atoms with Crippen LogP contribution in [0.15, 0.2) is 23.1 Å². The van der Waals surface area contributed by atoms with Gasteiger partial charge in [0.1, 0.15) is 0 Å². The van der Waals surface area contributed by atoms with Gasteiger partial charge in [-0.15, -0.1) is 0 Å². The molecule has 1 heterocycles. The van der Waals surface area contributed by atoms with Crippen molar-refractivity contribution in [2.45, 2.75) is 18.7 Å². The number of hydrogen-bond acceptors (Lipinski definition) is 7. The van der Waals surface area contributed by atoms with Crippen molar-refractivity contribution >= 4 is 37.3 Å². The first-order valence-electron chi connectivity index (χ1n) is 9.68. The predicted molar refractivity (Wildman–Crippen MR) is 116 cm³/mol. The van der Waals surface area contributed by atoms with Crippen LogP contribution in [0, 0.1) is 0 Å². The number of morpholine rings is 1. The fourth-order valence-corrected chi connectivity index (χ4v) is 4.85. The van der Waals surface area contributed by atoms with Gasteiger partial charge in [-0.3, -0.25) is 4.79 Å². The van der Waals surface area contributed by atoms with Crippen LogP contribution in [0.5, 0.6) is 0 Å². The van der Waals surface area contributed by atoms with Gasteiger partial charge in [-0.2, -0.15) is 8.61 Å². The number of rotatable bonds is 9. The molecule has 10 nitrogen and oxygen atoms in total. The molecule has 1 aromatic carbocycles. The Morgan fingerprint density at radius 2 is 1.73 bits per heavy atom. The summed E-state index contributed by atoms with van der Waals surface area (Å²) in [6.07, 6.45) is 1.01. The highest BCUT2D eigenvalue weighted by Crippen LogP contribution is 2.30. The van der Waals surface area contributed by atoms with Crippen LogP contribution in [-0.2, 0) is 29.6 Å². The van der Waals surface area contributed by atoms with E-state index in [9.17, 15) is 21.6 Å². The molecule has 1 amide bonds. The molecule has 1 N–H and O–H groups in total. The number of hydrogen-bond donors (Lipinski definition) is 1. The van der Waals surface area contributed by atoms with Gasteiger partial charge in [0.25, 0.3) is 0 Å². The molecule has 12 heteroatoms. The third-order valence-electron chi connectivity index (χ3n) is 4.89. The Morgan fingerprint density at radius 3 is 2.27 bits per heavy atom. The second kappa shape index (κ2) is 10.1. The van der Waals surface area contributed by atoms with Crippen LogP contribution < -0.4 is 10.2 Å². The summed E-state index contributed by atoms with van der Waals surface area (Å²) in [6.45, 7) is 6.02. The molecule has 0 atom stereocenters. The number of sulfonamides is 2. The number of carbonyl (C=O) groups excluding carboxylic acids is 1. The molecule has 0 spiro atoms. The molecule has 1 saturated heterocycles. The lowest BCUT2D eigenvalue weighted by Crippen LogP contribution is -2.40. The van der Waals surface area contributed by atoms with E-state index in [0.717, 1.165) is 10.6 Å². The van der Waals surface area contributed by atoms with Crippen LogP contribution in [0.1, 0.15) is 13.8 Å². The van der Waals surface area contributed by atoms with Crippen LogP contribution >= 0.6 is 0 Å². The highest BCUT2D eigenvalue weighted by molar-refractivity contribution is 7.89. The van der Waals surface area contributed by atoms with Gasteiger partial charge in [-0.1, -0.05) is 0 Å². The molecular weight excluding hydrogens is 432 g/mol. The molecule has 170 valence electrons. The largest absolute Gasteiger partial charge is 0.379 e. The van der Waals surface area contributed by atoms with Gasteiger partial charge in [-0.05, 0) is 32.0 Å². The predicted octanol–water partition coefficient (Wildman–Crippen LogP) is 0.384. The lowest BCUT2D eigenvalue weighted by molar-refractivity contribution is -0.116. The summed E-state index contributed by atoms with van der Waals surface area (Å²) >= 11 is 0. The van der Waals surface area contributed by atoms with E-state index in [2.05, 4.69) is 5.32 Å². The SMILES string of the molecule is CCN(CC)c1ccc(S(=O)(=O)N2CCOCC2)cc1NC(=O)CN(C)S(C)(=O)=O. The first-order valence-corrected chi connectivity index (χ1v) is 13.0. The van der Waals surface area contributed by atoms with Gasteiger partial charge in [0, 0.05) is 33.2 Å². The molecule has 1 aliphatic rings. The Hall–Kier alpha value is -1.73. The molecule has 30 heavy (non-hydrogen) atoms. The van der Waals surface area contributed by atoms with Crippen molar-refractivity contribution in [2.75, 3.05) is 69.5 Å². The molecule has 2 rings (SSSR count). The van der Waals surface area contributed by atoms with Gasteiger partial charge in [-0.25, -0.2) is 16.8 Å². The van der Waals surface area contributed by atoms with Crippen LogP contribution in [-0.4, -0.2) is 90.6 Å². The van der Waals surface area contributed by atoms with E-state index in [-0.39, 0.29) is 24.5 Å². The molecule has 0 bridgehead atoms. The molecule has 0 unspecified atom stereocenters. The zero-order valence-corrected chi connectivity index (χ0v) is 19.4. The van der Waals surface area contributed by atoms with Gasteiger partial charge in [0.15, 0.2) is 0 Å². The van der Waals surface area contributed by atoms with E-state index in [4.69, 9.17) is 4.74 Å². The highest BCUT2D eigenvalue weighted by atomic mass is 32.2. The van der Waals surface area contributed by atoms with Crippen molar-refractivity contribution in [3.8, 4) is 0 Å². The molecule has 0 aliphatic carbocycles. The van der Waals surface area contributed by atoms with Crippen molar-refractivity contribution in [3.63, 3.8) is 0 Å². The average Bonchev–Trinajstić information content (AvgIpc) is 2.69. The molecule has 0 aromatic heterocycles. The third-order valence-corrected chi connectivity index (χ3v) is 8.04. The first-order chi connectivity index (χ1) is 14.0. The Bertz CT molecular complexity index is 955. The number of likely N-dealkylation sites (N-methyl/N-ethyl adjacent to an activating group) is 1. The molecule has 0 radical (unpaired) electrons. The van der Waals surface area contributed by atoms with Crippen molar-refractivity contribution in [1.82, 2.24) is 8.61 Å². The highest BCUT2D eigenvalue weighted by Gasteiger charge is 2.28. The van der Waals surface area contributed by atoms with E-state index in [1.807, 2.05) is 18.7 Å². The minimum Gasteiger partial charge on any atom is -0.379 e. The Labute approximate surface area is 178 Å². The van der Waals surface area contributed by atoms with E-state index >= 15 is 0 Å². The summed E-state index contributed by atoms with van der Waals surface area (Å²) in [7, 11) is -5.96. The Balaban J connectivity index is 2.39. The normalized spacial score (nSPS) is 15.9. The molecule has 1 fully saturated rings. The number of ether oxygens (including phenoxy) is 1. The maximum absolute atomic E-state index is 13.0. The molecule has 1 aromatic rings. The van der Waals surface area contributed by atoms with E-state index in [0.29, 0.717) is 37.7 Å². The minimum atomic E-state index is -3.75. The van der Waals surface area contributed by atoms with Gasteiger partial charge in [0.2, 0.25) is 26.0 Å². The topological polar surface area (TPSA) is 116 Å². The minimum absolute atomic E-state index is 0.0621. The molecule has 0 saturated carbocycles. The number of benzene rings is 1. The van der Waals surface area contributed by atoms with Crippen molar-refractivity contribution in [2.24, 2.45) is 0 Å². The van der Waals surface area contributed by atoms with Crippen LogP contribution in [0.4, 0.5) is 11.4 Å². The maximum Gasteiger partial charge on any atom is 0.243 e. The number of anilines is 2. The van der Waals surface area contributed by atoms with Crippen molar-refractivity contribution in [1.29, 1.82) is 0 Å². The zero-order valence-electron chi connectivity index (χ0n) is 17.8. The van der Waals surface area contributed by atoms with Gasteiger partial charge in [0.05, 0.1) is 42.3 Å². The first kappa shape index (κ1) is 24.5. The van der Waals surface area contributed by atoms with E-state index in [1.54, 1.807) is 6.07 Å². The summed E-state index contributed by atoms with van der Waals surface area (Å²) in [6, 6.07) is 4.61. The van der Waals surface area contributed by atoms with Crippen LogP contribution in [0.25, 0.3) is 0 Å². The smallest absolute Gasteiger partial charge is 0.243 e. The lowest BCUT2D eigenvalue weighted by Gasteiger charge is -2.28.